The van der Waals surface area contributed by atoms with Gasteiger partial charge in [0.1, 0.15) is 22.9 Å². The second kappa shape index (κ2) is 11.7. The lowest BCUT2D eigenvalue weighted by Crippen LogP contribution is -2.34. The number of nitrogens with one attached hydrogen (secondary N) is 2. The van der Waals surface area contributed by atoms with Gasteiger partial charge in [0.05, 0.1) is 24.8 Å². The molecule has 2 aromatic heterocycles. The number of likely N-dealkylation sites (tertiary alicyclic amines) is 1. The molecule has 1 fully saturated rings. The van der Waals surface area contributed by atoms with Gasteiger partial charge in [0.2, 0.25) is 0 Å². The fourth-order valence-electron chi connectivity index (χ4n) is 5.83. The Bertz CT molecular complexity index is 1680. The van der Waals surface area contributed by atoms with Crippen molar-refractivity contribution in [3.63, 3.8) is 0 Å². The molecule has 2 aliphatic rings. The van der Waals surface area contributed by atoms with Crippen molar-refractivity contribution in [1.29, 1.82) is 5.41 Å². The normalized spacial score (nSPS) is 19.6. The van der Waals surface area contributed by atoms with Crippen LogP contribution < -0.4 is 15.0 Å². The Morgan fingerprint density at radius 1 is 1.23 bits per heavy atom. The predicted octanol–water partition coefficient (Wildman–Crippen LogP) is 4.98. The highest BCUT2D eigenvalue weighted by Crippen LogP contribution is 2.49. The molecule has 0 unspecified atom stereocenters. The maximum atomic E-state index is 14.8. The Morgan fingerprint density at radius 2 is 2.02 bits per heavy atom. The number of aromatic nitrogens is 4. The Labute approximate surface area is 253 Å². The topological polar surface area (TPSA) is 131 Å². The van der Waals surface area contributed by atoms with E-state index in [9.17, 15) is 4.39 Å². The number of amidine groups is 1. The van der Waals surface area contributed by atoms with Gasteiger partial charge in [-0.25, -0.2) is 9.37 Å². The van der Waals surface area contributed by atoms with Crippen LogP contribution in [0.1, 0.15) is 55.3 Å². The van der Waals surface area contributed by atoms with Gasteiger partial charge in [-0.15, -0.1) is 10.2 Å². The van der Waals surface area contributed by atoms with E-state index in [0.717, 1.165) is 37.3 Å². The molecular formula is C30H33ClFN7O4. The molecule has 11 nitrogen and oxygen atoms in total. The van der Waals surface area contributed by atoms with Gasteiger partial charge in [0, 0.05) is 24.6 Å². The van der Waals surface area contributed by atoms with Crippen LogP contribution in [0.4, 0.5) is 4.39 Å². The highest BCUT2D eigenvalue weighted by atomic mass is 35.5. The Hall–Kier alpha value is -3.84. The number of piperidine rings is 1. The number of ether oxygens (including phenoxy) is 3. The fourth-order valence-corrected chi connectivity index (χ4v) is 5.99. The van der Waals surface area contributed by atoms with Crippen molar-refractivity contribution in [1.82, 2.24) is 30.1 Å². The quantitative estimate of drug-likeness (QED) is 0.144. The molecule has 0 amide bonds. The van der Waals surface area contributed by atoms with Gasteiger partial charge in [0.15, 0.2) is 23.0 Å². The van der Waals surface area contributed by atoms with E-state index < -0.39 is 11.6 Å². The molecular weight excluding hydrogens is 577 g/mol. The van der Waals surface area contributed by atoms with Gasteiger partial charge in [-0.05, 0) is 69.1 Å². The van der Waals surface area contributed by atoms with Crippen molar-refractivity contribution < 1.29 is 23.8 Å². The van der Waals surface area contributed by atoms with Gasteiger partial charge >= 0.3 is 0 Å². The van der Waals surface area contributed by atoms with Gasteiger partial charge in [-0.1, -0.05) is 23.7 Å². The Kier molecular flexibility index (Phi) is 7.94. The van der Waals surface area contributed by atoms with E-state index in [2.05, 4.69) is 21.2 Å². The molecule has 0 bridgehead atoms. The molecule has 3 N–H and O–H groups in total. The fraction of sp³-hybridized carbons (Fsp3) is 0.400. The summed E-state index contributed by atoms with van der Waals surface area (Å²) in [4.78, 5) is 7.19. The molecule has 226 valence electrons. The maximum Gasteiger partial charge on any atom is 0.278 e. The van der Waals surface area contributed by atoms with Crippen LogP contribution in [0.25, 0.3) is 11.2 Å². The second-order valence-electron chi connectivity index (χ2n) is 11.1. The molecule has 6 rings (SSSR count). The third kappa shape index (κ3) is 5.63. The minimum absolute atomic E-state index is 0.0739. The summed E-state index contributed by atoms with van der Waals surface area (Å²) in [5, 5.41) is 25.6. The van der Waals surface area contributed by atoms with Crippen LogP contribution in [0.5, 0.6) is 11.5 Å². The molecule has 43 heavy (non-hydrogen) atoms. The summed E-state index contributed by atoms with van der Waals surface area (Å²) >= 11 is 5.97. The number of nitrogens with zero attached hydrogens (tertiary/aromatic N) is 5. The van der Waals surface area contributed by atoms with Crippen LogP contribution in [-0.2, 0) is 23.6 Å². The average Bonchev–Trinajstić information content (AvgIpc) is 3.53. The van der Waals surface area contributed by atoms with Crippen molar-refractivity contribution >= 4 is 28.6 Å². The first-order valence-electron chi connectivity index (χ1n) is 14.1. The molecule has 13 heteroatoms. The first kappa shape index (κ1) is 29.2. The molecule has 4 aromatic rings. The van der Waals surface area contributed by atoms with Crippen molar-refractivity contribution in [3.05, 3.63) is 75.9 Å². The zero-order chi connectivity index (χ0) is 30.3. The number of benzene rings is 2. The summed E-state index contributed by atoms with van der Waals surface area (Å²) in [6.07, 6.45) is 1.71. The number of hydrogen-bond donors (Lipinski definition) is 3. The first-order chi connectivity index (χ1) is 20.7. The van der Waals surface area contributed by atoms with Crippen molar-refractivity contribution in [3.8, 4) is 11.5 Å². The number of imidazole rings is 1. The van der Waals surface area contributed by atoms with Crippen LogP contribution in [0.3, 0.4) is 0 Å². The van der Waals surface area contributed by atoms with E-state index in [1.807, 2.05) is 23.6 Å². The average molecular weight is 610 g/mol. The maximum absolute atomic E-state index is 14.8. The smallest absolute Gasteiger partial charge is 0.278 e. The zero-order valence-electron chi connectivity index (χ0n) is 24.1. The minimum Gasteiger partial charge on any atom is -0.444 e. The van der Waals surface area contributed by atoms with Gasteiger partial charge in [0.25, 0.3) is 5.79 Å². The summed E-state index contributed by atoms with van der Waals surface area (Å²) in [5.74, 6) is 0.302. The number of halogens is 2. The molecule has 0 radical (unpaired) electrons. The van der Waals surface area contributed by atoms with E-state index in [0.29, 0.717) is 46.3 Å². The van der Waals surface area contributed by atoms with Crippen LogP contribution in [0.15, 0.2) is 42.5 Å². The molecule has 0 aliphatic carbocycles. The third-order valence-corrected chi connectivity index (χ3v) is 8.44. The van der Waals surface area contributed by atoms with Crippen LogP contribution in [0.2, 0.25) is 5.02 Å². The van der Waals surface area contributed by atoms with Gasteiger partial charge < -0.3 is 18.8 Å². The summed E-state index contributed by atoms with van der Waals surface area (Å²) in [5.41, 5.74) is 4.54. The minimum atomic E-state index is -1.29. The summed E-state index contributed by atoms with van der Waals surface area (Å²) in [6, 6.07) is 12.0. The van der Waals surface area contributed by atoms with Crippen molar-refractivity contribution in [2.45, 2.75) is 57.6 Å². The van der Waals surface area contributed by atoms with E-state index in [4.69, 9.17) is 41.4 Å². The standard InChI is InChI=1S/C30H33ClFN7O4/c1-17(41-3)15-39-26(34-24-14-23(28(33)37-40)35-36-29(24)39)16-38-11-9-18(10-12-38)20-5-4-6-25-27(20)43-30(2,42-25)21-8-7-19(31)13-22(21)32/h4-8,13-14,17-18,40H,9-12,15-16H2,1-3H3,(H2,33,37)/t17-,30+/m1/s1. The van der Waals surface area contributed by atoms with Crippen molar-refractivity contribution in [2.24, 2.45) is 0 Å². The highest BCUT2D eigenvalue weighted by molar-refractivity contribution is 6.30. The van der Waals surface area contributed by atoms with E-state index >= 15 is 0 Å². The monoisotopic (exact) mass is 609 g/mol. The van der Waals surface area contributed by atoms with E-state index in [1.165, 1.54) is 6.07 Å². The molecule has 4 heterocycles. The number of hydrogen-bond acceptors (Lipinski definition) is 9. The van der Waals surface area contributed by atoms with Crippen LogP contribution >= 0.6 is 11.6 Å². The first-order valence-corrected chi connectivity index (χ1v) is 14.5. The lowest BCUT2D eigenvalue weighted by atomic mass is 9.88. The number of rotatable bonds is 8. The molecule has 2 aromatic carbocycles. The van der Waals surface area contributed by atoms with Gasteiger partial charge in [-0.3, -0.25) is 21.0 Å². The molecule has 2 aliphatic heterocycles. The molecule has 2 atom stereocenters. The number of hydroxylamine groups is 1. The molecule has 0 saturated carbocycles. The number of fused-ring (bicyclic) bond motifs is 2. The summed E-state index contributed by atoms with van der Waals surface area (Å²) in [6.45, 7) is 6.51. The summed E-state index contributed by atoms with van der Waals surface area (Å²) in [7, 11) is 1.66. The van der Waals surface area contributed by atoms with Crippen molar-refractivity contribution in [2.75, 3.05) is 20.2 Å². The zero-order valence-corrected chi connectivity index (χ0v) is 24.9. The third-order valence-electron chi connectivity index (χ3n) is 8.21. The Morgan fingerprint density at radius 3 is 2.74 bits per heavy atom. The Balaban J connectivity index is 1.19. The lowest BCUT2D eigenvalue weighted by Gasteiger charge is -2.32. The number of para-hydroxylation sites is 1. The van der Waals surface area contributed by atoms with E-state index in [-0.39, 0.29) is 23.6 Å². The number of methoxy groups -OCH3 is 1. The molecule has 1 saturated heterocycles. The second-order valence-corrected chi connectivity index (χ2v) is 11.5. The van der Waals surface area contributed by atoms with E-state index in [1.54, 1.807) is 37.7 Å². The SMILES string of the molecule is CO[C@H](C)Cn1c(CN2CCC(c3cccc4c3O[C@@](C)(c3ccc(Cl)cc3F)O4)CC2)nc2cc(C(=N)NO)nnc21. The largest absolute Gasteiger partial charge is 0.444 e. The van der Waals surface area contributed by atoms with Crippen LogP contribution in [0, 0.1) is 11.2 Å². The summed E-state index contributed by atoms with van der Waals surface area (Å²) < 4.78 is 34.8. The highest BCUT2D eigenvalue weighted by Gasteiger charge is 2.43. The van der Waals surface area contributed by atoms with Crippen LogP contribution in [-0.4, -0.2) is 62.0 Å². The lowest BCUT2D eigenvalue weighted by molar-refractivity contribution is -0.0712. The molecule has 0 spiro atoms. The predicted molar refractivity (Wildman–Crippen MR) is 157 cm³/mol. The van der Waals surface area contributed by atoms with Gasteiger partial charge in [-0.2, -0.15) is 0 Å².